The predicted molar refractivity (Wildman–Crippen MR) is 123 cm³/mol. The van der Waals surface area contributed by atoms with Crippen LogP contribution in [0.1, 0.15) is 56.8 Å². The molecule has 174 valence electrons. The molecule has 2 N–H and O–H groups in total. The first-order chi connectivity index (χ1) is 15.3. The SMILES string of the molecule is CCC(C)N1CCN(C(=O)C(C)N2CCC3(CCC2=O)NC(=O)c2ccccc2N3)CC1. The Hall–Kier alpha value is -2.61. The number of benzene rings is 1. The molecule has 2 saturated heterocycles. The normalized spacial score (nSPS) is 26.1. The molecule has 0 aromatic heterocycles. The number of carbonyl (C=O) groups is 3. The Labute approximate surface area is 190 Å². The van der Waals surface area contributed by atoms with E-state index in [9.17, 15) is 14.4 Å². The largest absolute Gasteiger partial charge is 0.362 e. The van der Waals surface area contributed by atoms with Crippen molar-refractivity contribution in [3.8, 4) is 0 Å². The van der Waals surface area contributed by atoms with Gasteiger partial charge in [-0.15, -0.1) is 0 Å². The van der Waals surface area contributed by atoms with Gasteiger partial charge >= 0.3 is 0 Å². The van der Waals surface area contributed by atoms with E-state index in [-0.39, 0.29) is 24.1 Å². The number of rotatable bonds is 4. The number of anilines is 1. The van der Waals surface area contributed by atoms with Gasteiger partial charge in [-0.1, -0.05) is 19.1 Å². The van der Waals surface area contributed by atoms with Gasteiger partial charge in [0.2, 0.25) is 11.8 Å². The molecule has 3 aliphatic rings. The van der Waals surface area contributed by atoms with Crippen molar-refractivity contribution in [2.24, 2.45) is 0 Å². The van der Waals surface area contributed by atoms with Crippen molar-refractivity contribution in [2.75, 3.05) is 38.0 Å². The van der Waals surface area contributed by atoms with Crippen LogP contribution in [-0.4, -0.2) is 82.9 Å². The minimum atomic E-state index is -0.666. The van der Waals surface area contributed by atoms with E-state index in [1.54, 1.807) is 11.0 Å². The maximum atomic E-state index is 13.2. The van der Waals surface area contributed by atoms with Crippen LogP contribution in [0.25, 0.3) is 0 Å². The van der Waals surface area contributed by atoms with E-state index in [0.717, 1.165) is 25.2 Å². The van der Waals surface area contributed by atoms with E-state index in [1.165, 1.54) is 0 Å². The highest BCUT2D eigenvalue weighted by Crippen LogP contribution is 2.32. The summed E-state index contributed by atoms with van der Waals surface area (Å²) in [4.78, 5) is 44.9. The molecule has 1 aromatic rings. The summed E-state index contributed by atoms with van der Waals surface area (Å²) < 4.78 is 0. The van der Waals surface area contributed by atoms with Gasteiger partial charge in [-0.3, -0.25) is 19.3 Å². The fourth-order valence-corrected chi connectivity index (χ4v) is 5.09. The average molecular weight is 442 g/mol. The van der Waals surface area contributed by atoms with Crippen LogP contribution in [0.4, 0.5) is 5.69 Å². The lowest BCUT2D eigenvalue weighted by Gasteiger charge is -2.41. The third kappa shape index (κ3) is 4.33. The maximum Gasteiger partial charge on any atom is 0.255 e. The predicted octanol–water partition coefficient (Wildman–Crippen LogP) is 1.88. The quantitative estimate of drug-likeness (QED) is 0.745. The Balaban J connectivity index is 1.41. The molecule has 32 heavy (non-hydrogen) atoms. The van der Waals surface area contributed by atoms with Crippen LogP contribution in [0.5, 0.6) is 0 Å². The second kappa shape index (κ2) is 9.10. The van der Waals surface area contributed by atoms with E-state index in [2.05, 4.69) is 29.4 Å². The number of carbonyl (C=O) groups excluding carboxylic acids is 3. The van der Waals surface area contributed by atoms with Crippen molar-refractivity contribution in [1.29, 1.82) is 0 Å². The van der Waals surface area contributed by atoms with Crippen molar-refractivity contribution in [3.05, 3.63) is 29.8 Å². The number of hydrogen-bond donors (Lipinski definition) is 2. The van der Waals surface area contributed by atoms with Crippen LogP contribution < -0.4 is 10.6 Å². The van der Waals surface area contributed by atoms with Crippen molar-refractivity contribution in [2.45, 2.75) is 64.2 Å². The van der Waals surface area contributed by atoms with Gasteiger partial charge in [-0.05, 0) is 38.8 Å². The number of nitrogens with one attached hydrogen (secondary N) is 2. The van der Waals surface area contributed by atoms with E-state index in [4.69, 9.17) is 0 Å². The molecule has 3 unspecified atom stereocenters. The molecule has 3 amide bonds. The molecule has 2 fully saturated rings. The fraction of sp³-hybridized carbons (Fsp3) is 0.625. The Morgan fingerprint density at radius 2 is 1.75 bits per heavy atom. The smallest absolute Gasteiger partial charge is 0.255 e. The molecule has 0 aliphatic carbocycles. The average Bonchev–Trinajstić information content (AvgIpc) is 2.96. The van der Waals surface area contributed by atoms with Gasteiger partial charge in [0.05, 0.1) is 5.56 Å². The molecule has 3 atom stereocenters. The summed E-state index contributed by atoms with van der Waals surface area (Å²) in [5, 5.41) is 6.56. The summed E-state index contributed by atoms with van der Waals surface area (Å²) in [5.41, 5.74) is 0.742. The number of likely N-dealkylation sites (tertiary alicyclic amines) is 1. The Morgan fingerprint density at radius 1 is 1.03 bits per heavy atom. The lowest BCUT2D eigenvalue weighted by Crippen LogP contribution is -2.58. The molecular formula is C24H35N5O3. The summed E-state index contributed by atoms with van der Waals surface area (Å²) >= 11 is 0. The third-order valence-corrected chi connectivity index (χ3v) is 7.43. The first kappa shape index (κ1) is 22.6. The molecular weight excluding hydrogens is 406 g/mol. The molecule has 1 aromatic carbocycles. The van der Waals surface area contributed by atoms with Crippen LogP contribution in [0.15, 0.2) is 24.3 Å². The van der Waals surface area contributed by atoms with Crippen LogP contribution >= 0.6 is 0 Å². The highest BCUT2D eigenvalue weighted by molar-refractivity contribution is 6.02. The maximum absolute atomic E-state index is 13.2. The van der Waals surface area contributed by atoms with Crippen molar-refractivity contribution < 1.29 is 14.4 Å². The summed E-state index contributed by atoms with van der Waals surface area (Å²) in [7, 11) is 0. The Kier molecular flexibility index (Phi) is 6.42. The van der Waals surface area contributed by atoms with E-state index in [1.807, 2.05) is 30.0 Å². The number of piperazine rings is 1. The lowest BCUT2D eigenvalue weighted by molar-refractivity contribution is -0.146. The molecule has 1 spiro atoms. The van der Waals surface area contributed by atoms with Gasteiger partial charge in [0.1, 0.15) is 11.7 Å². The second-order valence-electron chi connectivity index (χ2n) is 9.34. The first-order valence-corrected chi connectivity index (χ1v) is 11.9. The standard InChI is InChI=1S/C24H35N5O3/c1-4-17(2)27-13-15-28(16-14-27)23(32)18(3)29-12-11-24(10-9-21(29)30)25-20-8-6-5-7-19(20)22(31)26-24/h5-8,17-18,25H,4,9-16H2,1-3H3,(H,26,31). The van der Waals surface area contributed by atoms with Crippen molar-refractivity contribution in [3.63, 3.8) is 0 Å². The molecule has 0 bridgehead atoms. The second-order valence-corrected chi connectivity index (χ2v) is 9.34. The minimum Gasteiger partial charge on any atom is -0.362 e. The highest BCUT2D eigenvalue weighted by Gasteiger charge is 2.42. The minimum absolute atomic E-state index is 0.0177. The van der Waals surface area contributed by atoms with Gasteiger partial charge in [0.25, 0.3) is 5.91 Å². The molecule has 0 saturated carbocycles. The zero-order chi connectivity index (χ0) is 22.9. The third-order valence-electron chi connectivity index (χ3n) is 7.43. The molecule has 3 aliphatic heterocycles. The number of nitrogens with zero attached hydrogens (tertiary/aromatic N) is 3. The monoisotopic (exact) mass is 441 g/mol. The summed E-state index contributed by atoms with van der Waals surface area (Å²) in [6, 6.07) is 7.45. The molecule has 8 nitrogen and oxygen atoms in total. The number of fused-ring (bicyclic) bond motifs is 1. The number of amides is 3. The molecule has 3 heterocycles. The van der Waals surface area contributed by atoms with Crippen LogP contribution in [0.3, 0.4) is 0 Å². The molecule has 0 radical (unpaired) electrons. The van der Waals surface area contributed by atoms with Gasteiger partial charge < -0.3 is 20.4 Å². The summed E-state index contributed by atoms with van der Waals surface area (Å²) in [6.45, 7) is 9.82. The zero-order valence-electron chi connectivity index (χ0n) is 19.4. The van der Waals surface area contributed by atoms with E-state index >= 15 is 0 Å². The lowest BCUT2D eigenvalue weighted by atomic mass is 9.95. The van der Waals surface area contributed by atoms with Gasteiger partial charge in [-0.25, -0.2) is 0 Å². The summed E-state index contributed by atoms with van der Waals surface area (Å²) in [5.74, 6) is -0.136. The Bertz CT molecular complexity index is 882. The van der Waals surface area contributed by atoms with Crippen molar-refractivity contribution in [1.82, 2.24) is 20.0 Å². The number of hydrogen-bond acceptors (Lipinski definition) is 5. The zero-order valence-corrected chi connectivity index (χ0v) is 19.4. The first-order valence-electron chi connectivity index (χ1n) is 11.9. The molecule has 8 heteroatoms. The topological polar surface area (TPSA) is 85.0 Å². The van der Waals surface area contributed by atoms with Crippen LogP contribution in [-0.2, 0) is 9.59 Å². The molecule has 4 rings (SSSR count). The van der Waals surface area contributed by atoms with Crippen molar-refractivity contribution >= 4 is 23.4 Å². The Morgan fingerprint density at radius 3 is 2.47 bits per heavy atom. The van der Waals surface area contributed by atoms with Gasteiger partial charge in [0.15, 0.2) is 0 Å². The van der Waals surface area contributed by atoms with Gasteiger partial charge in [0, 0.05) is 57.3 Å². The van der Waals surface area contributed by atoms with Crippen LogP contribution in [0.2, 0.25) is 0 Å². The summed E-state index contributed by atoms with van der Waals surface area (Å²) in [6.07, 6.45) is 2.44. The van der Waals surface area contributed by atoms with Gasteiger partial charge in [-0.2, -0.15) is 0 Å². The number of para-hydroxylation sites is 1. The highest BCUT2D eigenvalue weighted by atomic mass is 16.2. The fourth-order valence-electron chi connectivity index (χ4n) is 5.09. The van der Waals surface area contributed by atoms with Crippen LogP contribution in [0, 0.1) is 0 Å². The van der Waals surface area contributed by atoms with E-state index in [0.29, 0.717) is 44.1 Å². The van der Waals surface area contributed by atoms with E-state index < -0.39 is 11.7 Å².